The van der Waals surface area contributed by atoms with Crippen molar-refractivity contribution < 1.29 is 21.1 Å². The number of nitrogens with two attached hydrogens (primary N) is 1. The van der Waals surface area contributed by atoms with Gasteiger partial charge in [0.2, 0.25) is 0 Å². The first-order valence-electron chi connectivity index (χ1n) is 2.69. The Morgan fingerprint density at radius 2 is 1.91 bits per heavy atom. The average Bonchev–Trinajstić information content (AvgIpc) is 1.93. The van der Waals surface area contributed by atoms with Crippen LogP contribution in [0.2, 0.25) is 10.0 Å². The second-order valence-corrected chi connectivity index (χ2v) is 2.68. The van der Waals surface area contributed by atoms with E-state index in [1.165, 1.54) is 6.20 Å². The summed E-state index contributed by atoms with van der Waals surface area (Å²) < 4.78 is 0. The summed E-state index contributed by atoms with van der Waals surface area (Å²) in [6.07, 6.45) is 1.49. The van der Waals surface area contributed by atoms with E-state index in [4.69, 9.17) is 28.9 Å². The first-order valence-corrected chi connectivity index (χ1v) is 3.44. The molecule has 0 aliphatic heterocycles. The zero-order valence-corrected chi connectivity index (χ0v) is 9.46. The number of hydrogen-bond donors (Lipinski definition) is 1. The van der Waals surface area contributed by atoms with E-state index < -0.39 is 0 Å². The molecule has 1 aromatic rings. The zero-order valence-electron chi connectivity index (χ0n) is 5.67. The molecule has 0 saturated carbocycles. The molecular weight excluding hydrogens is 366 g/mol. The fraction of sp³-hybridized carbons (Fsp3) is 0.167. The van der Waals surface area contributed by atoms with Gasteiger partial charge in [-0.15, -0.1) is 0 Å². The van der Waals surface area contributed by atoms with E-state index in [9.17, 15) is 0 Å². The largest absolute Gasteiger partial charge is 0.396 e. The van der Waals surface area contributed by atoms with Gasteiger partial charge in [0.1, 0.15) is 0 Å². The van der Waals surface area contributed by atoms with E-state index in [1.54, 1.807) is 6.92 Å². The summed E-state index contributed by atoms with van der Waals surface area (Å²) in [6.45, 7) is 1.77. The van der Waals surface area contributed by atoms with Crippen LogP contribution in [0, 0.1) is 6.92 Å². The quantitative estimate of drug-likeness (QED) is 0.759. The Morgan fingerprint density at radius 1 is 1.36 bits per heavy atom. The van der Waals surface area contributed by atoms with Gasteiger partial charge < -0.3 is 5.73 Å². The van der Waals surface area contributed by atoms with Gasteiger partial charge in [0.25, 0.3) is 0 Å². The number of aromatic nitrogens is 1. The summed E-state index contributed by atoms with van der Waals surface area (Å²) in [7, 11) is 0. The maximum atomic E-state index is 5.71. The van der Waals surface area contributed by atoms with Crippen LogP contribution in [0.25, 0.3) is 0 Å². The molecule has 0 spiro atoms. The smallest absolute Gasteiger partial charge is 0.0855 e. The predicted molar refractivity (Wildman–Crippen MR) is 43.4 cm³/mol. The maximum absolute atomic E-state index is 5.71. The molecule has 64 valence electrons. The minimum atomic E-state index is 0. The number of nitrogens with zero attached hydrogens (tertiary/aromatic N) is 1. The third-order valence-corrected chi connectivity index (χ3v) is 2.13. The van der Waals surface area contributed by atoms with E-state index in [1.807, 2.05) is 0 Å². The standard InChI is InChI=1S/C6H6Cl2N2.Pt/c1-3-5(7)6(8)4(9)2-10-3;/h2H,9H2,1H3;. The fourth-order valence-corrected chi connectivity index (χ4v) is 0.909. The van der Waals surface area contributed by atoms with Crippen LogP contribution in [0.15, 0.2) is 6.20 Å². The van der Waals surface area contributed by atoms with E-state index >= 15 is 0 Å². The number of rotatable bonds is 0. The number of pyridine rings is 1. The van der Waals surface area contributed by atoms with Crippen molar-refractivity contribution in [3.8, 4) is 0 Å². The second-order valence-electron chi connectivity index (χ2n) is 1.93. The Balaban J connectivity index is 0.000001000. The second kappa shape index (κ2) is 4.30. The van der Waals surface area contributed by atoms with Crippen molar-refractivity contribution in [2.75, 3.05) is 5.73 Å². The van der Waals surface area contributed by atoms with Crippen molar-refractivity contribution in [1.82, 2.24) is 4.98 Å². The number of anilines is 1. The van der Waals surface area contributed by atoms with E-state index in [2.05, 4.69) is 4.98 Å². The number of hydrogen-bond acceptors (Lipinski definition) is 2. The first-order chi connectivity index (χ1) is 4.63. The normalized spacial score (nSPS) is 9.00. The van der Waals surface area contributed by atoms with Crippen molar-refractivity contribution in [3.05, 3.63) is 21.9 Å². The van der Waals surface area contributed by atoms with Gasteiger partial charge in [-0.1, -0.05) is 23.2 Å². The Bertz CT molecular complexity index is 238. The molecule has 11 heavy (non-hydrogen) atoms. The van der Waals surface area contributed by atoms with Gasteiger partial charge in [0.15, 0.2) is 0 Å². The van der Waals surface area contributed by atoms with Crippen molar-refractivity contribution in [1.29, 1.82) is 0 Å². The van der Waals surface area contributed by atoms with Gasteiger partial charge >= 0.3 is 0 Å². The van der Waals surface area contributed by atoms with Gasteiger partial charge in [0, 0.05) is 21.1 Å². The van der Waals surface area contributed by atoms with Crippen molar-refractivity contribution >= 4 is 28.9 Å². The molecule has 1 rings (SSSR count). The topological polar surface area (TPSA) is 38.9 Å². The number of halogens is 2. The summed E-state index contributed by atoms with van der Waals surface area (Å²) in [5.74, 6) is 0. The van der Waals surface area contributed by atoms with E-state index in [-0.39, 0.29) is 21.1 Å². The molecule has 5 heteroatoms. The summed E-state index contributed by atoms with van der Waals surface area (Å²) in [6, 6.07) is 0. The monoisotopic (exact) mass is 371 g/mol. The molecule has 0 unspecified atom stereocenters. The molecule has 0 radical (unpaired) electrons. The van der Waals surface area contributed by atoms with Crippen LogP contribution < -0.4 is 5.73 Å². The van der Waals surface area contributed by atoms with Crippen molar-refractivity contribution in [2.45, 2.75) is 6.92 Å². The molecule has 2 N–H and O–H groups in total. The van der Waals surface area contributed by atoms with Crippen molar-refractivity contribution in [2.24, 2.45) is 0 Å². The van der Waals surface area contributed by atoms with Gasteiger partial charge in [-0.05, 0) is 6.92 Å². The fourth-order valence-electron chi connectivity index (χ4n) is 0.565. The first kappa shape index (κ1) is 11.2. The Kier molecular flexibility index (Phi) is 4.38. The Labute approximate surface area is 89.4 Å². The third kappa shape index (κ3) is 2.33. The SMILES string of the molecule is Cc1ncc(N)c(Cl)c1Cl.[Pt]. The van der Waals surface area contributed by atoms with Gasteiger partial charge in [-0.25, -0.2) is 0 Å². The maximum Gasteiger partial charge on any atom is 0.0855 e. The average molecular weight is 372 g/mol. The molecule has 0 amide bonds. The van der Waals surface area contributed by atoms with E-state index in [0.29, 0.717) is 21.4 Å². The number of nitrogen functional groups attached to an aromatic ring is 1. The molecule has 0 aliphatic carbocycles. The van der Waals surface area contributed by atoms with Gasteiger partial charge in [-0.2, -0.15) is 0 Å². The summed E-state index contributed by atoms with van der Waals surface area (Å²) in [4.78, 5) is 3.90. The molecular formula is C6H6Cl2N2Pt. The van der Waals surface area contributed by atoms with Crippen molar-refractivity contribution in [3.63, 3.8) is 0 Å². The van der Waals surface area contributed by atoms with Gasteiger partial charge in [-0.3, -0.25) is 4.98 Å². The zero-order chi connectivity index (χ0) is 7.72. The number of aryl methyl sites for hydroxylation is 1. The molecule has 1 aromatic heterocycles. The van der Waals surface area contributed by atoms with E-state index in [0.717, 1.165) is 0 Å². The van der Waals surface area contributed by atoms with Crippen LogP contribution in [0.4, 0.5) is 5.69 Å². The summed E-state index contributed by atoms with van der Waals surface area (Å²) >= 11 is 11.4. The van der Waals surface area contributed by atoms with Crippen LogP contribution in [0.1, 0.15) is 5.69 Å². The van der Waals surface area contributed by atoms with Crippen LogP contribution in [-0.2, 0) is 21.1 Å². The van der Waals surface area contributed by atoms with Gasteiger partial charge in [0.05, 0.1) is 27.6 Å². The molecule has 0 fully saturated rings. The summed E-state index contributed by atoms with van der Waals surface area (Å²) in [5, 5.41) is 0.816. The van der Waals surface area contributed by atoms with Crippen LogP contribution in [0.3, 0.4) is 0 Å². The van der Waals surface area contributed by atoms with Crippen LogP contribution in [-0.4, -0.2) is 4.98 Å². The third-order valence-electron chi connectivity index (χ3n) is 1.16. The Morgan fingerprint density at radius 3 is 2.36 bits per heavy atom. The predicted octanol–water partition coefficient (Wildman–Crippen LogP) is 2.28. The molecule has 0 bridgehead atoms. The molecule has 2 nitrogen and oxygen atoms in total. The molecule has 0 aliphatic rings. The molecule has 0 saturated heterocycles. The minimum absolute atomic E-state index is 0. The Hall–Kier alpha value is 0.218. The molecule has 1 heterocycles. The summed E-state index contributed by atoms with van der Waals surface area (Å²) in [5.41, 5.74) is 6.52. The molecule has 0 aromatic carbocycles. The minimum Gasteiger partial charge on any atom is -0.396 e. The van der Waals surface area contributed by atoms with Crippen LogP contribution in [0.5, 0.6) is 0 Å². The molecule has 0 atom stereocenters. The van der Waals surface area contributed by atoms with Crippen LogP contribution >= 0.6 is 23.2 Å².